The minimum absolute atomic E-state index is 0.0402. The van der Waals surface area contributed by atoms with Crippen LogP contribution in [0.1, 0.15) is 13.3 Å². The van der Waals surface area contributed by atoms with Crippen molar-refractivity contribution in [2.24, 2.45) is 0 Å². The van der Waals surface area contributed by atoms with Crippen LogP contribution in [0.25, 0.3) is 11.1 Å². The summed E-state index contributed by atoms with van der Waals surface area (Å²) in [5.41, 5.74) is 3.26. The summed E-state index contributed by atoms with van der Waals surface area (Å²) in [4.78, 5) is 12.8. The van der Waals surface area contributed by atoms with E-state index in [0.717, 1.165) is 24.2 Å². The van der Waals surface area contributed by atoms with Crippen molar-refractivity contribution in [3.05, 3.63) is 54.6 Å². The number of hydrogen-bond donors (Lipinski definition) is 1. The van der Waals surface area contributed by atoms with Crippen molar-refractivity contribution in [3.8, 4) is 11.1 Å². The van der Waals surface area contributed by atoms with E-state index in [1.807, 2.05) is 54.3 Å². The van der Waals surface area contributed by atoms with Crippen LogP contribution in [0.2, 0.25) is 0 Å². The third-order valence-corrected chi connectivity index (χ3v) is 3.16. The number of benzene rings is 2. The van der Waals surface area contributed by atoms with E-state index < -0.39 is 5.97 Å². The Morgan fingerprint density at radius 3 is 2.15 bits per heavy atom. The molecule has 0 atom stereocenters. The predicted molar refractivity (Wildman–Crippen MR) is 82.0 cm³/mol. The van der Waals surface area contributed by atoms with Crippen molar-refractivity contribution >= 4 is 11.7 Å². The van der Waals surface area contributed by atoms with Gasteiger partial charge in [-0.2, -0.15) is 0 Å². The summed E-state index contributed by atoms with van der Waals surface area (Å²) in [6, 6.07) is 18.2. The maximum Gasteiger partial charge on any atom is 0.323 e. The highest BCUT2D eigenvalue weighted by molar-refractivity contribution is 5.74. The molecule has 3 nitrogen and oxygen atoms in total. The molecular formula is C17H19NO2. The van der Waals surface area contributed by atoms with Gasteiger partial charge in [0.25, 0.3) is 0 Å². The molecule has 0 saturated carbocycles. The van der Waals surface area contributed by atoms with Gasteiger partial charge in [0.05, 0.1) is 0 Å². The topological polar surface area (TPSA) is 40.5 Å². The molecule has 3 heteroatoms. The van der Waals surface area contributed by atoms with Crippen LogP contribution in [0.3, 0.4) is 0 Å². The maximum absolute atomic E-state index is 10.9. The van der Waals surface area contributed by atoms with Crippen LogP contribution in [0.15, 0.2) is 54.6 Å². The number of hydrogen-bond acceptors (Lipinski definition) is 2. The molecule has 0 fully saturated rings. The van der Waals surface area contributed by atoms with Crippen LogP contribution in [0.4, 0.5) is 5.69 Å². The molecule has 2 aromatic carbocycles. The predicted octanol–water partition coefficient (Wildman–Crippen LogP) is 3.65. The Labute approximate surface area is 119 Å². The first-order chi connectivity index (χ1) is 9.70. The zero-order valence-corrected chi connectivity index (χ0v) is 11.6. The number of anilines is 1. The monoisotopic (exact) mass is 269 g/mol. The maximum atomic E-state index is 10.9. The van der Waals surface area contributed by atoms with Gasteiger partial charge in [0, 0.05) is 12.2 Å². The second-order valence-electron chi connectivity index (χ2n) is 4.73. The lowest BCUT2D eigenvalue weighted by Crippen LogP contribution is -2.30. The van der Waals surface area contributed by atoms with E-state index in [2.05, 4.69) is 12.1 Å². The highest BCUT2D eigenvalue weighted by atomic mass is 16.4. The van der Waals surface area contributed by atoms with E-state index in [9.17, 15) is 4.79 Å². The Kier molecular flexibility index (Phi) is 4.77. The molecule has 0 aliphatic heterocycles. The Balaban J connectivity index is 2.19. The van der Waals surface area contributed by atoms with E-state index in [-0.39, 0.29) is 6.54 Å². The molecule has 0 saturated heterocycles. The molecule has 20 heavy (non-hydrogen) atoms. The third kappa shape index (κ3) is 3.60. The van der Waals surface area contributed by atoms with Crippen LogP contribution in [-0.2, 0) is 4.79 Å². The molecule has 0 amide bonds. The first-order valence-corrected chi connectivity index (χ1v) is 6.83. The molecule has 0 radical (unpaired) electrons. The number of rotatable bonds is 6. The van der Waals surface area contributed by atoms with Gasteiger partial charge < -0.3 is 10.0 Å². The minimum Gasteiger partial charge on any atom is -0.480 e. The Hall–Kier alpha value is -2.29. The average molecular weight is 269 g/mol. The standard InChI is InChI=1S/C17H19NO2/c1-2-12-18(13-17(19)20)16-10-8-15(9-11-16)14-6-4-3-5-7-14/h3-11H,2,12-13H2,1H3,(H,19,20). The van der Waals surface area contributed by atoms with Crippen molar-refractivity contribution in [3.63, 3.8) is 0 Å². The van der Waals surface area contributed by atoms with E-state index in [0.29, 0.717) is 0 Å². The van der Waals surface area contributed by atoms with Gasteiger partial charge in [-0.05, 0) is 29.7 Å². The molecule has 0 bridgehead atoms. The molecule has 0 unspecified atom stereocenters. The van der Waals surface area contributed by atoms with Gasteiger partial charge in [-0.1, -0.05) is 49.4 Å². The summed E-state index contributed by atoms with van der Waals surface area (Å²) in [5.74, 6) is -0.800. The number of nitrogens with zero attached hydrogens (tertiary/aromatic N) is 1. The number of carboxylic acids is 1. The Morgan fingerprint density at radius 2 is 1.60 bits per heavy atom. The van der Waals surface area contributed by atoms with Crippen LogP contribution in [0.5, 0.6) is 0 Å². The Bertz CT molecular complexity index is 549. The van der Waals surface area contributed by atoms with Gasteiger partial charge in [0.1, 0.15) is 6.54 Å². The van der Waals surface area contributed by atoms with E-state index in [1.54, 1.807) is 0 Å². The summed E-state index contributed by atoms with van der Waals surface area (Å²) < 4.78 is 0. The van der Waals surface area contributed by atoms with Gasteiger partial charge in [0.2, 0.25) is 0 Å². The van der Waals surface area contributed by atoms with Crippen LogP contribution >= 0.6 is 0 Å². The van der Waals surface area contributed by atoms with Gasteiger partial charge in [0.15, 0.2) is 0 Å². The zero-order chi connectivity index (χ0) is 14.4. The third-order valence-electron chi connectivity index (χ3n) is 3.16. The van der Waals surface area contributed by atoms with Crippen LogP contribution < -0.4 is 4.90 Å². The molecule has 0 heterocycles. The summed E-state index contributed by atoms with van der Waals surface area (Å²) in [5, 5.41) is 8.96. The molecule has 2 rings (SSSR count). The molecule has 1 N–H and O–H groups in total. The second-order valence-corrected chi connectivity index (χ2v) is 4.73. The fraction of sp³-hybridized carbons (Fsp3) is 0.235. The molecule has 0 aliphatic carbocycles. The second kappa shape index (κ2) is 6.75. The summed E-state index contributed by atoms with van der Waals surface area (Å²) in [6.07, 6.45) is 0.924. The van der Waals surface area contributed by atoms with Gasteiger partial charge in [-0.25, -0.2) is 0 Å². The van der Waals surface area contributed by atoms with E-state index >= 15 is 0 Å². The molecule has 0 aromatic heterocycles. The fourth-order valence-corrected chi connectivity index (χ4v) is 2.23. The first kappa shape index (κ1) is 14.1. The largest absolute Gasteiger partial charge is 0.480 e. The lowest BCUT2D eigenvalue weighted by Gasteiger charge is -2.22. The minimum atomic E-state index is -0.800. The first-order valence-electron chi connectivity index (χ1n) is 6.83. The zero-order valence-electron chi connectivity index (χ0n) is 11.6. The summed E-state index contributed by atoms with van der Waals surface area (Å²) in [6.45, 7) is 2.84. The van der Waals surface area contributed by atoms with Crippen molar-refractivity contribution in [1.29, 1.82) is 0 Å². The highest BCUT2D eigenvalue weighted by Gasteiger charge is 2.09. The lowest BCUT2D eigenvalue weighted by molar-refractivity contribution is -0.135. The SMILES string of the molecule is CCCN(CC(=O)O)c1ccc(-c2ccccc2)cc1. The Morgan fingerprint density at radius 1 is 1.00 bits per heavy atom. The number of carboxylic acid groups (broad SMARTS) is 1. The molecule has 0 spiro atoms. The summed E-state index contributed by atoms with van der Waals surface area (Å²) >= 11 is 0. The van der Waals surface area contributed by atoms with Crippen molar-refractivity contribution in [2.45, 2.75) is 13.3 Å². The van der Waals surface area contributed by atoms with Crippen molar-refractivity contribution < 1.29 is 9.90 Å². The van der Waals surface area contributed by atoms with Crippen LogP contribution in [0, 0.1) is 0 Å². The van der Waals surface area contributed by atoms with Crippen molar-refractivity contribution in [2.75, 3.05) is 18.0 Å². The molecule has 0 aliphatic rings. The van der Waals surface area contributed by atoms with E-state index in [1.165, 1.54) is 5.56 Å². The molecule has 104 valence electrons. The van der Waals surface area contributed by atoms with Gasteiger partial charge in [-0.3, -0.25) is 4.79 Å². The fourth-order valence-electron chi connectivity index (χ4n) is 2.23. The van der Waals surface area contributed by atoms with Crippen molar-refractivity contribution in [1.82, 2.24) is 0 Å². The average Bonchev–Trinajstić information content (AvgIpc) is 2.47. The highest BCUT2D eigenvalue weighted by Crippen LogP contribution is 2.23. The normalized spacial score (nSPS) is 10.2. The van der Waals surface area contributed by atoms with Gasteiger partial charge >= 0.3 is 5.97 Å². The quantitative estimate of drug-likeness (QED) is 0.870. The summed E-state index contributed by atoms with van der Waals surface area (Å²) in [7, 11) is 0. The number of aliphatic carboxylic acids is 1. The van der Waals surface area contributed by atoms with Gasteiger partial charge in [-0.15, -0.1) is 0 Å². The van der Waals surface area contributed by atoms with Crippen LogP contribution in [-0.4, -0.2) is 24.2 Å². The lowest BCUT2D eigenvalue weighted by atomic mass is 10.1. The van der Waals surface area contributed by atoms with E-state index in [4.69, 9.17) is 5.11 Å². The molecular weight excluding hydrogens is 250 g/mol. The smallest absolute Gasteiger partial charge is 0.323 e. The number of carbonyl (C=O) groups is 1. The molecule has 2 aromatic rings.